The van der Waals surface area contributed by atoms with Crippen LogP contribution in [0.1, 0.15) is 18.1 Å². The molecule has 0 aliphatic carbocycles. The minimum Gasteiger partial charge on any atom is -0.395 e. The summed E-state index contributed by atoms with van der Waals surface area (Å²) < 4.78 is 13.4. The lowest BCUT2D eigenvalue weighted by molar-refractivity contribution is 0.196. The number of halogens is 1. The van der Waals surface area contributed by atoms with Gasteiger partial charge in [0.15, 0.2) is 0 Å². The van der Waals surface area contributed by atoms with Gasteiger partial charge in [-0.3, -0.25) is 4.90 Å². The highest BCUT2D eigenvalue weighted by molar-refractivity contribution is 5.37. The van der Waals surface area contributed by atoms with Crippen LogP contribution in [0.15, 0.2) is 18.2 Å². The summed E-state index contributed by atoms with van der Waals surface area (Å²) in [5.41, 5.74) is 1.37. The zero-order valence-corrected chi connectivity index (χ0v) is 10.5. The number of aliphatic hydroxyl groups is 2. The van der Waals surface area contributed by atoms with Crippen molar-refractivity contribution in [1.29, 1.82) is 0 Å². The normalized spacial score (nSPS) is 10.3. The number of nitrogens with zero attached hydrogens (tertiary/aromatic N) is 1. The molecule has 0 saturated carbocycles. The van der Waals surface area contributed by atoms with Crippen molar-refractivity contribution < 1.29 is 14.6 Å². The molecule has 3 nitrogen and oxygen atoms in total. The first-order valence-corrected chi connectivity index (χ1v) is 5.92. The molecule has 1 aromatic rings. The van der Waals surface area contributed by atoms with E-state index in [1.807, 2.05) is 11.8 Å². The molecule has 2 N–H and O–H groups in total. The highest BCUT2D eigenvalue weighted by atomic mass is 19.1. The molecule has 0 bridgehead atoms. The number of hydrogen-bond acceptors (Lipinski definition) is 3. The first-order chi connectivity index (χ1) is 8.69. The Kier molecular flexibility index (Phi) is 6.37. The maximum atomic E-state index is 13.4. The van der Waals surface area contributed by atoms with Crippen LogP contribution in [0.3, 0.4) is 0 Å². The number of benzene rings is 1. The molecule has 0 unspecified atom stereocenters. The molecule has 0 amide bonds. The van der Waals surface area contributed by atoms with Crippen molar-refractivity contribution in [1.82, 2.24) is 4.90 Å². The van der Waals surface area contributed by atoms with Crippen LogP contribution in [0.25, 0.3) is 0 Å². The van der Waals surface area contributed by atoms with Gasteiger partial charge in [0.25, 0.3) is 0 Å². The van der Waals surface area contributed by atoms with Crippen molar-refractivity contribution in [3.63, 3.8) is 0 Å². The molecule has 0 saturated heterocycles. The number of aliphatic hydroxyl groups excluding tert-OH is 2. The van der Waals surface area contributed by atoms with Crippen molar-refractivity contribution in [2.24, 2.45) is 0 Å². The third-order valence-electron chi connectivity index (χ3n) is 2.54. The van der Waals surface area contributed by atoms with Gasteiger partial charge in [-0.1, -0.05) is 18.8 Å². The molecule has 0 aromatic heterocycles. The Labute approximate surface area is 107 Å². The average molecular weight is 251 g/mol. The third kappa shape index (κ3) is 4.84. The molecule has 1 rings (SSSR count). The van der Waals surface area contributed by atoms with Crippen molar-refractivity contribution in [2.75, 3.05) is 26.3 Å². The molecule has 4 heteroatoms. The van der Waals surface area contributed by atoms with Gasteiger partial charge >= 0.3 is 0 Å². The fraction of sp³-hybridized carbons (Fsp3) is 0.429. The monoisotopic (exact) mass is 251 g/mol. The van der Waals surface area contributed by atoms with Crippen LogP contribution < -0.4 is 0 Å². The Bertz CT molecular complexity index is 437. The average Bonchev–Trinajstić information content (AvgIpc) is 2.35. The van der Waals surface area contributed by atoms with E-state index in [9.17, 15) is 4.39 Å². The fourth-order valence-corrected chi connectivity index (χ4v) is 1.70. The molecule has 98 valence electrons. The van der Waals surface area contributed by atoms with Crippen LogP contribution in [0.4, 0.5) is 4.39 Å². The minimum atomic E-state index is -0.338. The largest absolute Gasteiger partial charge is 0.395 e. The molecular weight excluding hydrogens is 233 g/mol. The molecule has 0 heterocycles. The van der Waals surface area contributed by atoms with Gasteiger partial charge in [0.1, 0.15) is 12.4 Å². The Morgan fingerprint density at radius 1 is 1.28 bits per heavy atom. The number of hydrogen-bond donors (Lipinski definition) is 2. The highest BCUT2D eigenvalue weighted by Crippen LogP contribution is 2.11. The standard InChI is InChI=1S/C14H18FNO2/c1-2-16(5-7-18)11-13-8-12(4-3-6-17)9-14(15)10-13/h8-10,17-18H,2,5-7,11H2,1H3. The van der Waals surface area contributed by atoms with Gasteiger partial charge in [-0.15, -0.1) is 0 Å². The second kappa shape index (κ2) is 7.83. The quantitative estimate of drug-likeness (QED) is 0.767. The van der Waals surface area contributed by atoms with Gasteiger partial charge in [0.2, 0.25) is 0 Å². The third-order valence-corrected chi connectivity index (χ3v) is 2.54. The Balaban J connectivity index is 2.84. The van der Waals surface area contributed by atoms with Crippen molar-refractivity contribution in [2.45, 2.75) is 13.5 Å². The van der Waals surface area contributed by atoms with Crippen LogP contribution in [-0.2, 0) is 6.54 Å². The molecule has 0 aliphatic heterocycles. The molecular formula is C14H18FNO2. The van der Waals surface area contributed by atoms with E-state index in [0.29, 0.717) is 18.7 Å². The highest BCUT2D eigenvalue weighted by Gasteiger charge is 2.05. The van der Waals surface area contributed by atoms with E-state index >= 15 is 0 Å². The molecule has 0 radical (unpaired) electrons. The van der Waals surface area contributed by atoms with Crippen LogP contribution >= 0.6 is 0 Å². The van der Waals surface area contributed by atoms with Crippen LogP contribution in [-0.4, -0.2) is 41.4 Å². The minimum absolute atomic E-state index is 0.0837. The number of likely N-dealkylation sites (N-methyl/N-ethyl adjacent to an activating group) is 1. The summed E-state index contributed by atoms with van der Waals surface area (Å²) >= 11 is 0. The fourth-order valence-electron chi connectivity index (χ4n) is 1.70. The maximum absolute atomic E-state index is 13.4. The molecule has 0 fully saturated rings. The van der Waals surface area contributed by atoms with Gasteiger partial charge in [-0.05, 0) is 30.3 Å². The topological polar surface area (TPSA) is 43.7 Å². The van der Waals surface area contributed by atoms with Crippen LogP contribution in [0, 0.1) is 17.7 Å². The van der Waals surface area contributed by atoms with Crippen molar-refractivity contribution in [3.8, 4) is 11.8 Å². The molecule has 1 aromatic carbocycles. The lowest BCUT2D eigenvalue weighted by Crippen LogP contribution is -2.26. The van der Waals surface area contributed by atoms with Gasteiger partial charge < -0.3 is 10.2 Å². The molecule has 18 heavy (non-hydrogen) atoms. The molecule has 0 aliphatic rings. The second-order valence-electron chi connectivity index (χ2n) is 3.90. The lowest BCUT2D eigenvalue weighted by atomic mass is 10.1. The lowest BCUT2D eigenvalue weighted by Gasteiger charge is -2.19. The summed E-state index contributed by atoms with van der Waals surface area (Å²) in [5, 5.41) is 17.5. The van der Waals surface area contributed by atoms with Gasteiger partial charge in [0, 0.05) is 18.7 Å². The van der Waals surface area contributed by atoms with E-state index < -0.39 is 0 Å². The van der Waals surface area contributed by atoms with Crippen LogP contribution in [0.5, 0.6) is 0 Å². The van der Waals surface area contributed by atoms with E-state index in [2.05, 4.69) is 11.8 Å². The van der Waals surface area contributed by atoms with E-state index in [0.717, 1.165) is 12.1 Å². The predicted molar refractivity (Wildman–Crippen MR) is 68.4 cm³/mol. The summed E-state index contributed by atoms with van der Waals surface area (Å²) in [6.45, 7) is 3.75. The summed E-state index contributed by atoms with van der Waals surface area (Å²) in [6, 6.07) is 4.60. The second-order valence-corrected chi connectivity index (χ2v) is 3.90. The Morgan fingerprint density at radius 3 is 2.67 bits per heavy atom. The van der Waals surface area contributed by atoms with Crippen LogP contribution in [0.2, 0.25) is 0 Å². The summed E-state index contributed by atoms with van der Waals surface area (Å²) in [6.07, 6.45) is 0. The zero-order valence-electron chi connectivity index (χ0n) is 10.5. The van der Waals surface area contributed by atoms with Gasteiger partial charge in [-0.25, -0.2) is 4.39 Å². The van der Waals surface area contributed by atoms with Gasteiger partial charge in [0.05, 0.1) is 6.61 Å². The van der Waals surface area contributed by atoms with Gasteiger partial charge in [-0.2, -0.15) is 0 Å². The van der Waals surface area contributed by atoms with E-state index in [4.69, 9.17) is 10.2 Å². The molecule has 0 atom stereocenters. The predicted octanol–water partition coefficient (Wildman–Crippen LogP) is 0.984. The smallest absolute Gasteiger partial charge is 0.124 e. The Hall–Kier alpha value is -1.41. The summed E-state index contributed by atoms with van der Waals surface area (Å²) in [7, 11) is 0. The SMILES string of the molecule is CCN(CCO)Cc1cc(F)cc(C#CCO)c1. The van der Waals surface area contributed by atoms with Crippen molar-refractivity contribution in [3.05, 3.63) is 35.1 Å². The Morgan fingerprint density at radius 2 is 2.06 bits per heavy atom. The summed E-state index contributed by atoms with van der Waals surface area (Å²) in [5.74, 6) is 4.85. The van der Waals surface area contributed by atoms with E-state index in [1.165, 1.54) is 12.1 Å². The summed E-state index contributed by atoms with van der Waals surface area (Å²) in [4.78, 5) is 2.01. The zero-order chi connectivity index (χ0) is 13.4. The van der Waals surface area contributed by atoms with Crippen molar-refractivity contribution >= 4 is 0 Å². The first-order valence-electron chi connectivity index (χ1n) is 5.92. The molecule has 0 spiro atoms. The first kappa shape index (κ1) is 14.7. The number of rotatable bonds is 5. The van der Waals surface area contributed by atoms with E-state index in [-0.39, 0.29) is 19.0 Å². The maximum Gasteiger partial charge on any atom is 0.124 e. The van der Waals surface area contributed by atoms with E-state index in [1.54, 1.807) is 6.07 Å².